The van der Waals surface area contributed by atoms with Crippen LogP contribution in [0.1, 0.15) is 16.1 Å². The molecule has 2 heterocycles. The predicted molar refractivity (Wildman–Crippen MR) is 93.4 cm³/mol. The Morgan fingerprint density at radius 3 is 2.33 bits per heavy atom. The number of ether oxygens (including phenoxy) is 1. The second-order valence-corrected chi connectivity index (χ2v) is 5.36. The zero-order valence-electron chi connectivity index (χ0n) is 13.5. The van der Waals surface area contributed by atoms with Crippen LogP contribution in [0.15, 0.2) is 54.9 Å². The highest BCUT2D eigenvalue weighted by Crippen LogP contribution is 2.33. The first-order valence-electron chi connectivity index (χ1n) is 7.46. The van der Waals surface area contributed by atoms with Gasteiger partial charge in [0, 0.05) is 29.2 Å². The van der Waals surface area contributed by atoms with Crippen molar-refractivity contribution in [2.75, 3.05) is 12.8 Å². The van der Waals surface area contributed by atoms with Crippen LogP contribution in [0, 0.1) is 6.92 Å². The number of carbonyl (C=O) groups excluding carboxylic acids is 1. The molecule has 0 saturated carbocycles. The zero-order valence-corrected chi connectivity index (χ0v) is 13.5. The molecule has 0 amide bonds. The molecule has 24 heavy (non-hydrogen) atoms. The van der Waals surface area contributed by atoms with Gasteiger partial charge in [0.2, 0.25) is 0 Å². The van der Waals surface area contributed by atoms with Gasteiger partial charge in [0.25, 0.3) is 0 Å². The van der Waals surface area contributed by atoms with Crippen molar-refractivity contribution in [1.82, 2.24) is 9.97 Å². The van der Waals surface area contributed by atoms with E-state index in [0.29, 0.717) is 11.4 Å². The number of aryl methyl sites for hydroxylation is 1. The third kappa shape index (κ3) is 2.96. The van der Waals surface area contributed by atoms with Gasteiger partial charge < -0.3 is 10.5 Å². The lowest BCUT2D eigenvalue weighted by molar-refractivity contribution is 0.0601. The SMILES string of the molecule is COC(=O)c1ccc(-c2ccnc(C)c2-c2ccc(N)nc2)cc1. The van der Waals surface area contributed by atoms with Gasteiger partial charge in [-0.05, 0) is 48.4 Å². The van der Waals surface area contributed by atoms with Crippen LogP contribution in [0.2, 0.25) is 0 Å². The summed E-state index contributed by atoms with van der Waals surface area (Å²) in [6, 6.07) is 12.9. The van der Waals surface area contributed by atoms with Crippen LogP contribution >= 0.6 is 0 Å². The van der Waals surface area contributed by atoms with Crippen molar-refractivity contribution in [3.63, 3.8) is 0 Å². The van der Waals surface area contributed by atoms with Gasteiger partial charge in [-0.1, -0.05) is 12.1 Å². The number of aromatic nitrogens is 2. The van der Waals surface area contributed by atoms with Crippen LogP contribution in [0.25, 0.3) is 22.3 Å². The molecule has 0 radical (unpaired) electrons. The highest BCUT2D eigenvalue weighted by molar-refractivity contribution is 5.91. The Balaban J connectivity index is 2.10. The summed E-state index contributed by atoms with van der Waals surface area (Å²) in [6.45, 7) is 1.96. The second kappa shape index (κ2) is 6.50. The summed E-state index contributed by atoms with van der Waals surface area (Å²) >= 11 is 0. The molecule has 0 aliphatic carbocycles. The number of hydrogen-bond acceptors (Lipinski definition) is 5. The molecule has 0 spiro atoms. The lowest BCUT2D eigenvalue weighted by atomic mass is 9.94. The number of benzene rings is 1. The van der Waals surface area contributed by atoms with E-state index in [9.17, 15) is 4.79 Å². The minimum absolute atomic E-state index is 0.351. The van der Waals surface area contributed by atoms with Crippen LogP contribution in [-0.4, -0.2) is 23.0 Å². The summed E-state index contributed by atoms with van der Waals surface area (Å²) in [6.07, 6.45) is 3.51. The molecule has 3 aromatic rings. The molecule has 0 aliphatic rings. The normalized spacial score (nSPS) is 10.4. The van der Waals surface area contributed by atoms with E-state index in [1.807, 2.05) is 31.2 Å². The summed E-state index contributed by atoms with van der Waals surface area (Å²) in [7, 11) is 1.37. The number of hydrogen-bond donors (Lipinski definition) is 1. The number of methoxy groups -OCH3 is 1. The highest BCUT2D eigenvalue weighted by Gasteiger charge is 2.12. The van der Waals surface area contributed by atoms with Crippen molar-refractivity contribution < 1.29 is 9.53 Å². The number of esters is 1. The lowest BCUT2D eigenvalue weighted by Crippen LogP contribution is -2.00. The first kappa shape index (κ1) is 15.7. The number of nitrogen functional groups attached to an aromatic ring is 1. The molecular weight excluding hydrogens is 302 g/mol. The summed E-state index contributed by atoms with van der Waals surface area (Å²) in [5, 5.41) is 0. The summed E-state index contributed by atoms with van der Waals surface area (Å²) in [5.41, 5.74) is 11.0. The van der Waals surface area contributed by atoms with E-state index >= 15 is 0 Å². The Morgan fingerprint density at radius 1 is 1.00 bits per heavy atom. The van der Waals surface area contributed by atoms with E-state index < -0.39 is 0 Å². The van der Waals surface area contributed by atoms with Crippen molar-refractivity contribution in [2.24, 2.45) is 0 Å². The third-order valence-corrected chi connectivity index (χ3v) is 3.83. The molecule has 0 unspecified atom stereocenters. The van der Waals surface area contributed by atoms with E-state index in [-0.39, 0.29) is 5.97 Å². The number of rotatable bonds is 3. The average Bonchev–Trinajstić information content (AvgIpc) is 2.62. The molecule has 0 saturated heterocycles. The van der Waals surface area contributed by atoms with Crippen LogP contribution in [0.4, 0.5) is 5.82 Å². The zero-order chi connectivity index (χ0) is 17.1. The van der Waals surface area contributed by atoms with E-state index in [1.165, 1.54) is 7.11 Å². The van der Waals surface area contributed by atoms with Crippen molar-refractivity contribution in [3.8, 4) is 22.3 Å². The topological polar surface area (TPSA) is 78.1 Å². The highest BCUT2D eigenvalue weighted by atomic mass is 16.5. The fourth-order valence-corrected chi connectivity index (χ4v) is 2.63. The van der Waals surface area contributed by atoms with Gasteiger partial charge in [-0.3, -0.25) is 4.98 Å². The molecular formula is C19H17N3O2. The quantitative estimate of drug-likeness (QED) is 0.748. The van der Waals surface area contributed by atoms with Crippen LogP contribution in [-0.2, 0) is 4.74 Å². The summed E-state index contributed by atoms with van der Waals surface area (Å²) in [4.78, 5) is 20.1. The first-order valence-corrected chi connectivity index (χ1v) is 7.46. The molecule has 0 fully saturated rings. The minimum Gasteiger partial charge on any atom is -0.465 e. The van der Waals surface area contributed by atoms with Crippen molar-refractivity contribution in [1.29, 1.82) is 0 Å². The Hall–Kier alpha value is -3.21. The van der Waals surface area contributed by atoms with Crippen molar-refractivity contribution in [3.05, 3.63) is 66.1 Å². The van der Waals surface area contributed by atoms with E-state index in [2.05, 4.69) is 9.97 Å². The Morgan fingerprint density at radius 2 is 1.71 bits per heavy atom. The molecule has 5 heteroatoms. The second-order valence-electron chi connectivity index (χ2n) is 5.36. The van der Waals surface area contributed by atoms with E-state index in [4.69, 9.17) is 10.5 Å². The molecule has 3 rings (SSSR count). The lowest BCUT2D eigenvalue weighted by Gasteiger charge is -2.13. The van der Waals surface area contributed by atoms with Crippen LogP contribution in [0.3, 0.4) is 0 Å². The van der Waals surface area contributed by atoms with Crippen LogP contribution in [0.5, 0.6) is 0 Å². The molecule has 0 bridgehead atoms. The maximum Gasteiger partial charge on any atom is 0.337 e. The summed E-state index contributed by atoms with van der Waals surface area (Å²) < 4.78 is 4.74. The Bertz CT molecular complexity index is 872. The fraction of sp³-hybridized carbons (Fsp3) is 0.105. The predicted octanol–water partition coefficient (Wildman–Crippen LogP) is 3.49. The Labute approximate surface area is 140 Å². The largest absolute Gasteiger partial charge is 0.465 e. The molecule has 0 atom stereocenters. The number of nitrogens with zero attached hydrogens (tertiary/aromatic N) is 2. The third-order valence-electron chi connectivity index (χ3n) is 3.83. The average molecular weight is 319 g/mol. The first-order chi connectivity index (χ1) is 11.6. The molecule has 1 aromatic carbocycles. The minimum atomic E-state index is -0.351. The van der Waals surface area contributed by atoms with Crippen LogP contribution < -0.4 is 5.73 Å². The van der Waals surface area contributed by atoms with Crippen molar-refractivity contribution >= 4 is 11.8 Å². The molecule has 2 aromatic heterocycles. The number of pyridine rings is 2. The monoisotopic (exact) mass is 319 g/mol. The number of carbonyl (C=O) groups is 1. The molecule has 2 N–H and O–H groups in total. The molecule has 120 valence electrons. The Kier molecular flexibility index (Phi) is 4.24. The standard InChI is InChI=1S/C19H17N3O2/c1-12-18(15-7-8-17(20)22-11-15)16(9-10-21-12)13-3-5-14(6-4-13)19(23)24-2/h3-11H,1-2H3,(H2,20,22). The van der Waals surface area contributed by atoms with Gasteiger partial charge in [-0.2, -0.15) is 0 Å². The van der Waals surface area contributed by atoms with E-state index in [1.54, 1.807) is 30.6 Å². The van der Waals surface area contributed by atoms with E-state index in [0.717, 1.165) is 27.9 Å². The smallest absolute Gasteiger partial charge is 0.337 e. The number of anilines is 1. The fourth-order valence-electron chi connectivity index (χ4n) is 2.63. The van der Waals surface area contributed by atoms with Gasteiger partial charge in [-0.25, -0.2) is 9.78 Å². The number of nitrogens with two attached hydrogens (primary N) is 1. The van der Waals surface area contributed by atoms with Crippen molar-refractivity contribution in [2.45, 2.75) is 6.92 Å². The maximum absolute atomic E-state index is 11.6. The maximum atomic E-state index is 11.6. The van der Waals surface area contributed by atoms with Gasteiger partial charge in [0.1, 0.15) is 5.82 Å². The van der Waals surface area contributed by atoms with Gasteiger partial charge >= 0.3 is 5.97 Å². The van der Waals surface area contributed by atoms with Gasteiger partial charge in [0.15, 0.2) is 0 Å². The van der Waals surface area contributed by atoms with Gasteiger partial charge in [-0.15, -0.1) is 0 Å². The molecule has 5 nitrogen and oxygen atoms in total. The molecule has 0 aliphatic heterocycles. The summed E-state index contributed by atoms with van der Waals surface area (Å²) in [5.74, 6) is 0.125. The van der Waals surface area contributed by atoms with Gasteiger partial charge in [0.05, 0.1) is 12.7 Å².